The third-order valence-electron chi connectivity index (χ3n) is 1.99. The number of non-ortho nitro benzene ring substituents is 1. The summed E-state index contributed by atoms with van der Waals surface area (Å²) in [6, 6.07) is 4.92. The van der Waals surface area contributed by atoms with E-state index in [9.17, 15) is 10.1 Å². The molecule has 0 aliphatic rings. The van der Waals surface area contributed by atoms with Crippen molar-refractivity contribution in [3.8, 4) is 0 Å². The molecule has 1 heterocycles. The Labute approximate surface area is 91.4 Å². The predicted octanol–water partition coefficient (Wildman–Crippen LogP) is 2.56. The molecule has 0 amide bonds. The second-order valence-electron chi connectivity index (χ2n) is 3.73. The molecule has 1 aromatic carbocycles. The molecule has 0 spiro atoms. The van der Waals surface area contributed by atoms with Crippen LogP contribution in [-0.4, -0.2) is 15.9 Å². The van der Waals surface area contributed by atoms with Crippen molar-refractivity contribution in [3.05, 3.63) is 28.3 Å². The molecule has 0 radical (unpaired) electrons. The van der Waals surface area contributed by atoms with Gasteiger partial charge in [0, 0.05) is 12.1 Å². The third kappa shape index (κ3) is 1.95. The summed E-state index contributed by atoms with van der Waals surface area (Å²) in [5.74, 6) is 0. The van der Waals surface area contributed by atoms with E-state index in [2.05, 4.69) is 10.3 Å². The molecule has 0 atom stereocenters. The number of benzene rings is 1. The second-order valence-corrected chi connectivity index (χ2v) is 3.73. The molecule has 0 aliphatic carbocycles. The summed E-state index contributed by atoms with van der Waals surface area (Å²) in [5.41, 5.74) is 1.02. The summed E-state index contributed by atoms with van der Waals surface area (Å²) in [7, 11) is 0. The van der Waals surface area contributed by atoms with E-state index in [4.69, 9.17) is 4.42 Å². The minimum atomic E-state index is -0.461. The molecule has 6 nitrogen and oxygen atoms in total. The van der Waals surface area contributed by atoms with Gasteiger partial charge in [-0.15, -0.1) is 0 Å². The van der Waals surface area contributed by atoms with Gasteiger partial charge in [0.05, 0.1) is 11.0 Å². The van der Waals surface area contributed by atoms with Crippen molar-refractivity contribution in [2.75, 3.05) is 5.32 Å². The molecule has 0 unspecified atom stereocenters. The summed E-state index contributed by atoms with van der Waals surface area (Å²) in [5, 5.41) is 13.6. The molecule has 1 N–H and O–H groups in total. The van der Waals surface area contributed by atoms with Gasteiger partial charge in [0.15, 0.2) is 5.58 Å². The zero-order valence-corrected chi connectivity index (χ0v) is 8.93. The fourth-order valence-corrected chi connectivity index (χ4v) is 1.34. The van der Waals surface area contributed by atoms with Crippen LogP contribution in [0.4, 0.5) is 11.7 Å². The Kier molecular flexibility index (Phi) is 2.47. The molecule has 2 aromatic rings. The molecule has 16 heavy (non-hydrogen) atoms. The first-order chi connectivity index (χ1) is 7.56. The van der Waals surface area contributed by atoms with Crippen LogP contribution in [0.15, 0.2) is 22.6 Å². The molecule has 0 saturated carbocycles. The summed E-state index contributed by atoms with van der Waals surface area (Å²) in [6.07, 6.45) is 0. The first kappa shape index (κ1) is 10.4. The van der Waals surface area contributed by atoms with Crippen LogP contribution in [0.3, 0.4) is 0 Å². The van der Waals surface area contributed by atoms with Crippen LogP contribution >= 0.6 is 0 Å². The number of anilines is 1. The highest BCUT2D eigenvalue weighted by atomic mass is 16.6. The van der Waals surface area contributed by atoms with E-state index in [0.717, 1.165) is 0 Å². The highest BCUT2D eigenvalue weighted by molar-refractivity contribution is 5.77. The van der Waals surface area contributed by atoms with Crippen LogP contribution < -0.4 is 5.32 Å². The summed E-state index contributed by atoms with van der Waals surface area (Å²) >= 11 is 0. The van der Waals surface area contributed by atoms with Gasteiger partial charge in [-0.1, -0.05) is 0 Å². The molecule has 0 fully saturated rings. The van der Waals surface area contributed by atoms with Crippen LogP contribution in [0.5, 0.6) is 0 Å². The number of aromatic nitrogens is 1. The van der Waals surface area contributed by atoms with E-state index in [0.29, 0.717) is 17.1 Å². The average Bonchev–Trinajstić information content (AvgIpc) is 2.56. The Morgan fingerprint density at radius 3 is 2.88 bits per heavy atom. The number of nitrogens with zero attached hydrogens (tertiary/aromatic N) is 2. The van der Waals surface area contributed by atoms with Crippen LogP contribution in [0, 0.1) is 10.1 Å². The lowest BCUT2D eigenvalue weighted by Gasteiger charge is -2.02. The largest absolute Gasteiger partial charge is 0.423 e. The number of oxazole rings is 1. The Bertz CT molecular complexity index is 533. The van der Waals surface area contributed by atoms with Crippen molar-refractivity contribution in [3.63, 3.8) is 0 Å². The number of nitro benzene ring substituents is 1. The van der Waals surface area contributed by atoms with Gasteiger partial charge in [-0.2, -0.15) is 4.98 Å². The van der Waals surface area contributed by atoms with Crippen LogP contribution in [0.25, 0.3) is 11.1 Å². The fourth-order valence-electron chi connectivity index (χ4n) is 1.34. The molecule has 6 heteroatoms. The highest BCUT2D eigenvalue weighted by Gasteiger charge is 2.11. The Morgan fingerprint density at radius 1 is 1.50 bits per heavy atom. The normalized spacial score (nSPS) is 10.9. The minimum Gasteiger partial charge on any atom is -0.423 e. The summed E-state index contributed by atoms with van der Waals surface area (Å²) in [4.78, 5) is 14.2. The van der Waals surface area contributed by atoms with E-state index in [1.807, 2.05) is 13.8 Å². The molecule has 2 rings (SSSR count). The van der Waals surface area contributed by atoms with E-state index < -0.39 is 4.92 Å². The molecule has 84 valence electrons. The topological polar surface area (TPSA) is 81.2 Å². The average molecular weight is 221 g/mol. The standard InChI is InChI=1S/C10H11N3O3/c1-6(2)11-10-12-8-4-3-7(13(14)15)5-9(8)16-10/h3-6H,1-2H3,(H,11,12). The smallest absolute Gasteiger partial charge is 0.295 e. The van der Waals surface area contributed by atoms with Crippen molar-refractivity contribution in [1.82, 2.24) is 4.98 Å². The lowest BCUT2D eigenvalue weighted by atomic mass is 10.3. The highest BCUT2D eigenvalue weighted by Crippen LogP contribution is 2.23. The first-order valence-electron chi connectivity index (χ1n) is 4.88. The lowest BCUT2D eigenvalue weighted by molar-refractivity contribution is -0.384. The van der Waals surface area contributed by atoms with Gasteiger partial charge in [0.1, 0.15) is 5.52 Å². The zero-order valence-electron chi connectivity index (χ0n) is 8.93. The van der Waals surface area contributed by atoms with E-state index in [1.54, 1.807) is 6.07 Å². The Balaban J connectivity index is 2.42. The van der Waals surface area contributed by atoms with Crippen molar-refractivity contribution in [2.24, 2.45) is 0 Å². The van der Waals surface area contributed by atoms with E-state index >= 15 is 0 Å². The van der Waals surface area contributed by atoms with Crippen LogP contribution in [-0.2, 0) is 0 Å². The number of rotatable bonds is 3. The third-order valence-corrected chi connectivity index (χ3v) is 1.99. The maximum atomic E-state index is 10.6. The monoisotopic (exact) mass is 221 g/mol. The molecule has 0 bridgehead atoms. The number of fused-ring (bicyclic) bond motifs is 1. The van der Waals surface area contributed by atoms with Gasteiger partial charge in [0.2, 0.25) is 0 Å². The number of nitro groups is 1. The van der Waals surface area contributed by atoms with E-state index in [1.165, 1.54) is 12.1 Å². The van der Waals surface area contributed by atoms with Crippen molar-refractivity contribution in [2.45, 2.75) is 19.9 Å². The molecule has 0 aliphatic heterocycles. The van der Waals surface area contributed by atoms with Crippen LogP contribution in [0.1, 0.15) is 13.8 Å². The van der Waals surface area contributed by atoms with Gasteiger partial charge < -0.3 is 9.73 Å². The molecule has 1 aromatic heterocycles. The minimum absolute atomic E-state index is 0.000234. The number of hydrogen-bond donors (Lipinski definition) is 1. The Hall–Kier alpha value is -2.11. The summed E-state index contributed by atoms with van der Waals surface area (Å²) in [6.45, 7) is 3.91. The number of hydrogen-bond acceptors (Lipinski definition) is 5. The van der Waals surface area contributed by atoms with Gasteiger partial charge in [0.25, 0.3) is 11.7 Å². The van der Waals surface area contributed by atoms with Crippen molar-refractivity contribution in [1.29, 1.82) is 0 Å². The maximum Gasteiger partial charge on any atom is 0.295 e. The SMILES string of the molecule is CC(C)Nc1nc2ccc([N+](=O)[O-])cc2o1. The zero-order chi connectivity index (χ0) is 11.7. The quantitative estimate of drug-likeness (QED) is 0.636. The molecular formula is C10H11N3O3. The predicted molar refractivity (Wildman–Crippen MR) is 59.4 cm³/mol. The molecule has 0 saturated heterocycles. The number of nitrogens with one attached hydrogen (secondary N) is 1. The van der Waals surface area contributed by atoms with Gasteiger partial charge in [-0.25, -0.2) is 0 Å². The van der Waals surface area contributed by atoms with Gasteiger partial charge >= 0.3 is 0 Å². The van der Waals surface area contributed by atoms with Gasteiger partial charge in [-0.3, -0.25) is 10.1 Å². The fraction of sp³-hybridized carbons (Fsp3) is 0.300. The first-order valence-corrected chi connectivity index (χ1v) is 4.88. The molecular weight excluding hydrogens is 210 g/mol. The van der Waals surface area contributed by atoms with Crippen LogP contribution in [0.2, 0.25) is 0 Å². The van der Waals surface area contributed by atoms with E-state index in [-0.39, 0.29) is 11.7 Å². The maximum absolute atomic E-state index is 10.6. The second kappa shape index (κ2) is 3.80. The van der Waals surface area contributed by atoms with Crippen molar-refractivity contribution >= 4 is 22.8 Å². The van der Waals surface area contributed by atoms with Crippen molar-refractivity contribution < 1.29 is 9.34 Å². The lowest BCUT2D eigenvalue weighted by Crippen LogP contribution is -2.09. The summed E-state index contributed by atoms with van der Waals surface area (Å²) < 4.78 is 5.34. The Morgan fingerprint density at radius 2 is 2.25 bits per heavy atom. The van der Waals surface area contributed by atoms with Gasteiger partial charge in [-0.05, 0) is 19.9 Å².